The van der Waals surface area contributed by atoms with E-state index in [0.717, 1.165) is 19.4 Å². The molecule has 1 aliphatic rings. The molecule has 0 amide bonds. The Labute approximate surface area is 84.3 Å². The van der Waals surface area contributed by atoms with Crippen LogP contribution in [0.4, 0.5) is 0 Å². The Morgan fingerprint density at radius 2 is 2.00 bits per heavy atom. The van der Waals surface area contributed by atoms with E-state index in [4.69, 9.17) is 5.11 Å². The zero-order chi connectivity index (χ0) is 10.4. The minimum atomic E-state index is -0.776. The maximum atomic E-state index is 10.3. The Morgan fingerprint density at radius 1 is 1.36 bits per heavy atom. The van der Waals surface area contributed by atoms with Crippen LogP contribution in [0, 0.1) is 5.41 Å². The molecule has 0 aromatic heterocycles. The number of carboxylic acid groups (broad SMARTS) is 1. The van der Waals surface area contributed by atoms with Crippen molar-refractivity contribution in [3.8, 4) is 0 Å². The Balaban J connectivity index is 2.18. The highest BCUT2D eigenvalue weighted by molar-refractivity contribution is 5.66. The summed E-state index contributed by atoms with van der Waals surface area (Å²) in [6.07, 6.45) is 4.64. The number of nitrogens with one attached hydrogen (secondary N) is 1. The molecule has 4 heteroatoms. The molecule has 0 unspecified atom stereocenters. The maximum absolute atomic E-state index is 10.3. The number of carboxylic acids is 1. The SMILES string of the molecule is O=C(O)CCNCC1(CO)CCCC1. The van der Waals surface area contributed by atoms with E-state index in [1.165, 1.54) is 12.8 Å². The lowest BCUT2D eigenvalue weighted by atomic mass is 9.87. The van der Waals surface area contributed by atoms with Crippen LogP contribution in [-0.2, 0) is 4.79 Å². The van der Waals surface area contributed by atoms with Crippen molar-refractivity contribution >= 4 is 5.97 Å². The van der Waals surface area contributed by atoms with Crippen LogP contribution in [0.5, 0.6) is 0 Å². The zero-order valence-electron chi connectivity index (χ0n) is 8.46. The highest BCUT2D eigenvalue weighted by atomic mass is 16.4. The highest BCUT2D eigenvalue weighted by Gasteiger charge is 2.32. The molecule has 3 N–H and O–H groups in total. The topological polar surface area (TPSA) is 69.6 Å². The summed E-state index contributed by atoms with van der Waals surface area (Å²) in [5.74, 6) is -0.776. The predicted octanol–water partition coefficient (Wildman–Crippen LogP) is 0.603. The molecular weight excluding hydrogens is 182 g/mol. The van der Waals surface area contributed by atoms with Crippen molar-refractivity contribution in [3.05, 3.63) is 0 Å². The molecule has 0 heterocycles. The first-order valence-electron chi connectivity index (χ1n) is 5.22. The molecule has 0 bridgehead atoms. The molecule has 1 rings (SSSR count). The van der Waals surface area contributed by atoms with E-state index in [2.05, 4.69) is 5.32 Å². The molecule has 4 nitrogen and oxygen atoms in total. The predicted molar refractivity (Wildman–Crippen MR) is 53.1 cm³/mol. The molecule has 0 aliphatic heterocycles. The van der Waals surface area contributed by atoms with Crippen LogP contribution in [0.25, 0.3) is 0 Å². The number of aliphatic hydroxyl groups is 1. The quantitative estimate of drug-likeness (QED) is 0.550. The van der Waals surface area contributed by atoms with Gasteiger partial charge >= 0.3 is 5.97 Å². The highest BCUT2D eigenvalue weighted by Crippen LogP contribution is 2.36. The van der Waals surface area contributed by atoms with E-state index >= 15 is 0 Å². The third kappa shape index (κ3) is 3.27. The smallest absolute Gasteiger partial charge is 0.304 e. The first-order chi connectivity index (χ1) is 6.68. The number of carbonyl (C=O) groups is 1. The number of hydrogen-bond donors (Lipinski definition) is 3. The van der Waals surface area contributed by atoms with Crippen molar-refractivity contribution in [2.75, 3.05) is 19.7 Å². The van der Waals surface area contributed by atoms with Crippen LogP contribution in [0.2, 0.25) is 0 Å². The van der Waals surface area contributed by atoms with Gasteiger partial charge in [0.1, 0.15) is 0 Å². The Bertz CT molecular complexity index is 188. The molecular formula is C10H19NO3. The fraction of sp³-hybridized carbons (Fsp3) is 0.900. The van der Waals surface area contributed by atoms with Crippen LogP contribution in [-0.4, -0.2) is 35.9 Å². The molecule has 1 fully saturated rings. The van der Waals surface area contributed by atoms with Gasteiger partial charge in [-0.3, -0.25) is 4.79 Å². The lowest BCUT2D eigenvalue weighted by Crippen LogP contribution is -2.36. The lowest BCUT2D eigenvalue weighted by molar-refractivity contribution is -0.136. The van der Waals surface area contributed by atoms with Gasteiger partial charge in [0.05, 0.1) is 6.42 Å². The van der Waals surface area contributed by atoms with Gasteiger partial charge in [0, 0.05) is 25.1 Å². The number of aliphatic carboxylic acids is 1. The summed E-state index contributed by atoms with van der Waals surface area (Å²) in [7, 11) is 0. The van der Waals surface area contributed by atoms with Crippen LogP contribution in [0.15, 0.2) is 0 Å². The molecule has 1 aliphatic carbocycles. The van der Waals surface area contributed by atoms with Crippen LogP contribution in [0.1, 0.15) is 32.1 Å². The summed E-state index contributed by atoms with van der Waals surface area (Å²) in [5, 5.41) is 20.8. The molecule has 0 aromatic rings. The molecule has 14 heavy (non-hydrogen) atoms. The Morgan fingerprint density at radius 3 is 2.50 bits per heavy atom. The summed E-state index contributed by atoms with van der Waals surface area (Å²) in [4.78, 5) is 10.3. The average molecular weight is 201 g/mol. The van der Waals surface area contributed by atoms with E-state index < -0.39 is 5.97 Å². The number of aliphatic hydroxyl groups excluding tert-OH is 1. The standard InChI is InChI=1S/C10H19NO3/c12-8-10(4-1-2-5-10)7-11-6-3-9(13)14/h11-12H,1-8H2,(H,13,14). The van der Waals surface area contributed by atoms with Crippen molar-refractivity contribution in [2.24, 2.45) is 5.41 Å². The van der Waals surface area contributed by atoms with Gasteiger partial charge in [-0.1, -0.05) is 12.8 Å². The third-order valence-electron chi connectivity index (χ3n) is 3.02. The average Bonchev–Trinajstić information content (AvgIpc) is 2.62. The summed E-state index contributed by atoms with van der Waals surface area (Å²) < 4.78 is 0. The van der Waals surface area contributed by atoms with Crippen molar-refractivity contribution < 1.29 is 15.0 Å². The van der Waals surface area contributed by atoms with Crippen molar-refractivity contribution in [1.29, 1.82) is 0 Å². The minimum absolute atomic E-state index is 0.0263. The zero-order valence-corrected chi connectivity index (χ0v) is 8.46. The van der Waals surface area contributed by atoms with Gasteiger partial charge in [-0.05, 0) is 12.8 Å². The summed E-state index contributed by atoms with van der Waals surface area (Å²) >= 11 is 0. The van der Waals surface area contributed by atoms with Crippen molar-refractivity contribution in [2.45, 2.75) is 32.1 Å². The van der Waals surface area contributed by atoms with Gasteiger partial charge in [-0.15, -0.1) is 0 Å². The lowest BCUT2D eigenvalue weighted by Gasteiger charge is -2.26. The van der Waals surface area contributed by atoms with Crippen molar-refractivity contribution in [1.82, 2.24) is 5.32 Å². The van der Waals surface area contributed by atoms with E-state index in [-0.39, 0.29) is 18.4 Å². The van der Waals surface area contributed by atoms with Crippen LogP contribution >= 0.6 is 0 Å². The number of hydrogen-bond acceptors (Lipinski definition) is 3. The largest absolute Gasteiger partial charge is 0.481 e. The molecule has 0 atom stereocenters. The van der Waals surface area contributed by atoms with Crippen LogP contribution in [0.3, 0.4) is 0 Å². The van der Waals surface area contributed by atoms with Gasteiger partial charge in [-0.2, -0.15) is 0 Å². The fourth-order valence-corrected chi connectivity index (χ4v) is 2.06. The number of rotatable bonds is 6. The van der Waals surface area contributed by atoms with E-state index in [1.807, 2.05) is 0 Å². The van der Waals surface area contributed by atoms with Gasteiger partial charge in [0.25, 0.3) is 0 Å². The van der Waals surface area contributed by atoms with E-state index in [9.17, 15) is 9.90 Å². The summed E-state index contributed by atoms with van der Waals surface area (Å²) in [6, 6.07) is 0. The second kappa shape index (κ2) is 5.32. The Kier molecular flexibility index (Phi) is 4.35. The first-order valence-corrected chi connectivity index (χ1v) is 5.22. The van der Waals surface area contributed by atoms with Crippen molar-refractivity contribution in [3.63, 3.8) is 0 Å². The molecule has 0 aromatic carbocycles. The Hall–Kier alpha value is -0.610. The monoisotopic (exact) mass is 201 g/mol. The second-order valence-corrected chi connectivity index (χ2v) is 4.19. The second-order valence-electron chi connectivity index (χ2n) is 4.19. The van der Waals surface area contributed by atoms with Gasteiger partial charge < -0.3 is 15.5 Å². The molecule has 82 valence electrons. The summed E-state index contributed by atoms with van der Waals surface area (Å²) in [5.41, 5.74) is 0.0263. The van der Waals surface area contributed by atoms with Crippen LogP contribution < -0.4 is 5.32 Å². The third-order valence-corrected chi connectivity index (χ3v) is 3.02. The minimum Gasteiger partial charge on any atom is -0.481 e. The van der Waals surface area contributed by atoms with Gasteiger partial charge in [-0.25, -0.2) is 0 Å². The molecule has 1 saturated carbocycles. The fourth-order valence-electron chi connectivity index (χ4n) is 2.06. The van der Waals surface area contributed by atoms with Gasteiger partial charge in [0.2, 0.25) is 0 Å². The maximum Gasteiger partial charge on any atom is 0.304 e. The summed E-state index contributed by atoms with van der Waals surface area (Å²) in [6.45, 7) is 1.46. The van der Waals surface area contributed by atoms with Gasteiger partial charge in [0.15, 0.2) is 0 Å². The molecule has 0 radical (unpaired) electrons. The molecule has 0 spiro atoms. The first kappa shape index (κ1) is 11.5. The molecule has 0 saturated heterocycles. The van der Waals surface area contributed by atoms with E-state index in [0.29, 0.717) is 6.54 Å². The van der Waals surface area contributed by atoms with E-state index in [1.54, 1.807) is 0 Å². The normalized spacial score (nSPS) is 19.8.